The first-order valence-corrected chi connectivity index (χ1v) is 6.28. The van der Waals surface area contributed by atoms with E-state index in [4.69, 9.17) is 0 Å². The molecule has 1 aliphatic heterocycles. The van der Waals surface area contributed by atoms with Gasteiger partial charge in [0, 0.05) is 38.8 Å². The highest BCUT2D eigenvalue weighted by atomic mass is 16.3. The molecule has 0 amide bonds. The Labute approximate surface area is 99.6 Å². The second-order valence-electron chi connectivity index (χ2n) is 5.49. The summed E-state index contributed by atoms with van der Waals surface area (Å²) < 4.78 is 0. The standard InChI is InChI=1S/C12H27N3O/c1-10(2)9-15(6-5-14(3)4)11-7-13-8-12(11)16/h10-13,16H,5-9H2,1-4H3. The van der Waals surface area contributed by atoms with Crippen molar-refractivity contribution < 1.29 is 5.11 Å². The number of nitrogens with one attached hydrogen (secondary N) is 1. The Bertz CT molecular complexity index is 197. The van der Waals surface area contributed by atoms with Crippen molar-refractivity contribution in [1.29, 1.82) is 0 Å². The summed E-state index contributed by atoms with van der Waals surface area (Å²) in [6.07, 6.45) is -0.207. The number of rotatable bonds is 6. The molecule has 0 aromatic heterocycles. The lowest BCUT2D eigenvalue weighted by Gasteiger charge is -2.32. The highest BCUT2D eigenvalue weighted by Crippen LogP contribution is 2.11. The number of aliphatic hydroxyl groups is 1. The summed E-state index contributed by atoms with van der Waals surface area (Å²) in [6.45, 7) is 9.28. The van der Waals surface area contributed by atoms with Crippen molar-refractivity contribution in [3.63, 3.8) is 0 Å². The van der Waals surface area contributed by atoms with Crippen molar-refractivity contribution in [1.82, 2.24) is 15.1 Å². The molecule has 2 N–H and O–H groups in total. The van der Waals surface area contributed by atoms with Gasteiger partial charge >= 0.3 is 0 Å². The largest absolute Gasteiger partial charge is 0.390 e. The molecule has 0 aliphatic carbocycles. The zero-order valence-electron chi connectivity index (χ0n) is 11.1. The Hall–Kier alpha value is -0.160. The third-order valence-corrected chi connectivity index (χ3v) is 3.05. The molecule has 4 heteroatoms. The van der Waals surface area contributed by atoms with Crippen LogP contribution in [0.1, 0.15) is 13.8 Å². The molecule has 16 heavy (non-hydrogen) atoms. The van der Waals surface area contributed by atoms with Gasteiger partial charge in [-0.25, -0.2) is 0 Å². The first-order valence-electron chi connectivity index (χ1n) is 6.28. The Kier molecular flexibility index (Phi) is 5.69. The highest BCUT2D eigenvalue weighted by Gasteiger charge is 2.30. The molecule has 1 heterocycles. The Morgan fingerprint density at radius 2 is 1.94 bits per heavy atom. The maximum Gasteiger partial charge on any atom is 0.0831 e. The zero-order valence-corrected chi connectivity index (χ0v) is 11.1. The van der Waals surface area contributed by atoms with Gasteiger partial charge < -0.3 is 15.3 Å². The molecule has 4 nitrogen and oxygen atoms in total. The lowest BCUT2D eigenvalue weighted by atomic mass is 10.1. The molecule has 2 atom stereocenters. The van der Waals surface area contributed by atoms with Crippen molar-refractivity contribution in [2.24, 2.45) is 5.92 Å². The molecule has 0 spiro atoms. The fraction of sp³-hybridized carbons (Fsp3) is 1.00. The minimum Gasteiger partial charge on any atom is -0.390 e. The van der Waals surface area contributed by atoms with Crippen LogP contribution in [0.5, 0.6) is 0 Å². The van der Waals surface area contributed by atoms with Gasteiger partial charge in [-0.3, -0.25) is 4.90 Å². The normalized spacial score (nSPS) is 26.2. The molecule has 0 radical (unpaired) electrons. The van der Waals surface area contributed by atoms with E-state index in [1.165, 1.54) is 0 Å². The molecule has 0 aromatic rings. The van der Waals surface area contributed by atoms with Gasteiger partial charge in [0.25, 0.3) is 0 Å². The van der Waals surface area contributed by atoms with E-state index in [1.807, 2.05) is 0 Å². The topological polar surface area (TPSA) is 38.7 Å². The maximum atomic E-state index is 9.92. The number of likely N-dealkylation sites (N-methyl/N-ethyl adjacent to an activating group) is 1. The minimum atomic E-state index is -0.207. The van der Waals surface area contributed by atoms with E-state index in [0.717, 1.165) is 32.7 Å². The number of β-amino-alcohol motifs (C(OH)–C–C–N with tert-alkyl or cyclic N) is 1. The van der Waals surface area contributed by atoms with Crippen LogP contribution in [0.3, 0.4) is 0 Å². The summed E-state index contributed by atoms with van der Waals surface area (Å²) in [5.41, 5.74) is 0. The van der Waals surface area contributed by atoms with Crippen LogP contribution < -0.4 is 5.32 Å². The molecule has 0 saturated carbocycles. The maximum absolute atomic E-state index is 9.92. The molecule has 96 valence electrons. The van der Waals surface area contributed by atoms with E-state index in [-0.39, 0.29) is 6.10 Å². The van der Waals surface area contributed by atoms with E-state index in [0.29, 0.717) is 12.0 Å². The quantitative estimate of drug-likeness (QED) is 0.664. The van der Waals surface area contributed by atoms with Gasteiger partial charge in [-0.2, -0.15) is 0 Å². The lowest BCUT2D eigenvalue weighted by Crippen LogP contribution is -2.47. The van der Waals surface area contributed by atoms with Crippen molar-refractivity contribution in [3.8, 4) is 0 Å². The zero-order chi connectivity index (χ0) is 12.1. The summed E-state index contributed by atoms with van der Waals surface area (Å²) in [5, 5.41) is 13.2. The van der Waals surface area contributed by atoms with E-state index in [1.54, 1.807) is 0 Å². The molecule has 1 aliphatic rings. The second-order valence-corrected chi connectivity index (χ2v) is 5.49. The number of aliphatic hydroxyl groups excluding tert-OH is 1. The van der Waals surface area contributed by atoms with Crippen LogP contribution in [0.2, 0.25) is 0 Å². The Morgan fingerprint density at radius 1 is 1.25 bits per heavy atom. The van der Waals surface area contributed by atoms with Crippen molar-refractivity contribution in [2.75, 3.05) is 46.8 Å². The summed E-state index contributed by atoms with van der Waals surface area (Å²) in [7, 11) is 4.19. The summed E-state index contributed by atoms with van der Waals surface area (Å²) in [4.78, 5) is 4.62. The summed E-state index contributed by atoms with van der Waals surface area (Å²) >= 11 is 0. The van der Waals surface area contributed by atoms with E-state index < -0.39 is 0 Å². The van der Waals surface area contributed by atoms with Crippen LogP contribution in [0.25, 0.3) is 0 Å². The third kappa shape index (κ3) is 4.37. The van der Waals surface area contributed by atoms with Gasteiger partial charge in [0.05, 0.1) is 6.10 Å². The van der Waals surface area contributed by atoms with Crippen LogP contribution in [0.15, 0.2) is 0 Å². The predicted octanol–water partition coefficient (Wildman–Crippen LogP) is -0.161. The van der Waals surface area contributed by atoms with Crippen molar-refractivity contribution in [2.45, 2.75) is 26.0 Å². The number of hydrogen-bond acceptors (Lipinski definition) is 4. The number of nitrogens with zero attached hydrogens (tertiary/aromatic N) is 2. The molecule has 0 aromatic carbocycles. The molecule has 1 rings (SSSR count). The first kappa shape index (κ1) is 13.9. The SMILES string of the molecule is CC(C)CN(CCN(C)C)C1CNCC1O. The molecule has 1 saturated heterocycles. The van der Waals surface area contributed by atoms with Crippen molar-refractivity contribution >= 4 is 0 Å². The average Bonchev–Trinajstić information content (AvgIpc) is 2.58. The molecule has 1 fully saturated rings. The van der Waals surface area contributed by atoms with E-state index in [9.17, 15) is 5.11 Å². The lowest BCUT2D eigenvalue weighted by molar-refractivity contribution is 0.0709. The smallest absolute Gasteiger partial charge is 0.0831 e. The van der Waals surface area contributed by atoms with Gasteiger partial charge in [-0.05, 0) is 20.0 Å². The summed E-state index contributed by atoms with van der Waals surface area (Å²) in [5.74, 6) is 0.648. The van der Waals surface area contributed by atoms with Crippen LogP contribution in [-0.4, -0.2) is 73.9 Å². The fourth-order valence-electron chi connectivity index (χ4n) is 2.21. The summed E-state index contributed by atoms with van der Waals surface area (Å²) in [6, 6.07) is 0.294. The second kappa shape index (κ2) is 6.55. The highest BCUT2D eigenvalue weighted by molar-refractivity contribution is 4.89. The van der Waals surface area contributed by atoms with Crippen LogP contribution >= 0.6 is 0 Å². The van der Waals surface area contributed by atoms with Gasteiger partial charge in [0.2, 0.25) is 0 Å². The Balaban J connectivity index is 2.48. The fourth-order valence-corrected chi connectivity index (χ4v) is 2.21. The third-order valence-electron chi connectivity index (χ3n) is 3.05. The average molecular weight is 229 g/mol. The van der Waals surface area contributed by atoms with Crippen molar-refractivity contribution in [3.05, 3.63) is 0 Å². The van der Waals surface area contributed by atoms with Gasteiger partial charge in [-0.1, -0.05) is 13.8 Å². The molecular formula is C12H27N3O. The van der Waals surface area contributed by atoms with Crippen LogP contribution in [-0.2, 0) is 0 Å². The van der Waals surface area contributed by atoms with Gasteiger partial charge in [0.15, 0.2) is 0 Å². The predicted molar refractivity (Wildman–Crippen MR) is 67.6 cm³/mol. The minimum absolute atomic E-state index is 0.207. The van der Waals surface area contributed by atoms with E-state index >= 15 is 0 Å². The molecule has 0 bridgehead atoms. The van der Waals surface area contributed by atoms with Crippen LogP contribution in [0, 0.1) is 5.92 Å². The van der Waals surface area contributed by atoms with Gasteiger partial charge in [0.1, 0.15) is 0 Å². The van der Waals surface area contributed by atoms with E-state index in [2.05, 4.69) is 43.1 Å². The molecule has 2 unspecified atom stereocenters. The Morgan fingerprint density at radius 3 is 2.38 bits per heavy atom. The first-order chi connectivity index (χ1) is 7.50. The van der Waals surface area contributed by atoms with Gasteiger partial charge in [-0.15, -0.1) is 0 Å². The molecular weight excluding hydrogens is 202 g/mol. The number of hydrogen-bond donors (Lipinski definition) is 2. The monoisotopic (exact) mass is 229 g/mol. The van der Waals surface area contributed by atoms with Crippen LogP contribution in [0.4, 0.5) is 0 Å².